The van der Waals surface area contributed by atoms with Gasteiger partial charge in [-0.2, -0.15) is 0 Å². The van der Waals surface area contributed by atoms with Gasteiger partial charge in [0.2, 0.25) is 0 Å². The van der Waals surface area contributed by atoms with Gasteiger partial charge in [-0.05, 0) is 23.3 Å². The Bertz CT molecular complexity index is 355. The van der Waals surface area contributed by atoms with Gasteiger partial charge in [-0.15, -0.1) is 0 Å². The number of fused-ring (bicyclic) bond motifs is 1. The standard InChI is InChI=1S/C10H9NO/c1-2-7-3-4-9-8(5-7)6-11-10(9)12/h2-5H,1,6H2,(H,11,12). The highest BCUT2D eigenvalue weighted by Crippen LogP contribution is 2.17. The van der Waals surface area contributed by atoms with Crippen molar-refractivity contribution >= 4 is 12.0 Å². The van der Waals surface area contributed by atoms with E-state index < -0.39 is 0 Å². The molecular weight excluding hydrogens is 150 g/mol. The molecule has 12 heavy (non-hydrogen) atoms. The SMILES string of the molecule is C=Cc1ccc2c(c1)CNC2=O. The Morgan fingerprint density at radius 3 is 3.08 bits per heavy atom. The Morgan fingerprint density at radius 2 is 2.33 bits per heavy atom. The Morgan fingerprint density at radius 1 is 1.50 bits per heavy atom. The second-order valence-electron chi connectivity index (χ2n) is 2.80. The Hall–Kier alpha value is -1.57. The van der Waals surface area contributed by atoms with Gasteiger partial charge in [-0.1, -0.05) is 18.7 Å². The molecule has 0 unspecified atom stereocenters. The van der Waals surface area contributed by atoms with Crippen LogP contribution in [0.15, 0.2) is 24.8 Å². The maximum Gasteiger partial charge on any atom is 0.251 e. The first-order valence-electron chi connectivity index (χ1n) is 3.85. The largest absolute Gasteiger partial charge is 0.348 e. The van der Waals surface area contributed by atoms with Crippen LogP contribution in [0, 0.1) is 0 Å². The summed E-state index contributed by atoms with van der Waals surface area (Å²) < 4.78 is 0. The van der Waals surface area contributed by atoms with Crippen molar-refractivity contribution in [1.82, 2.24) is 5.32 Å². The molecule has 0 spiro atoms. The van der Waals surface area contributed by atoms with Crippen LogP contribution in [0.25, 0.3) is 6.08 Å². The van der Waals surface area contributed by atoms with Gasteiger partial charge in [0.25, 0.3) is 5.91 Å². The van der Waals surface area contributed by atoms with Crippen LogP contribution in [-0.2, 0) is 6.54 Å². The van der Waals surface area contributed by atoms with E-state index in [9.17, 15) is 4.79 Å². The molecule has 0 radical (unpaired) electrons. The van der Waals surface area contributed by atoms with Gasteiger partial charge in [0.1, 0.15) is 0 Å². The van der Waals surface area contributed by atoms with Gasteiger partial charge in [0.05, 0.1) is 0 Å². The van der Waals surface area contributed by atoms with Crippen LogP contribution in [0.4, 0.5) is 0 Å². The summed E-state index contributed by atoms with van der Waals surface area (Å²) >= 11 is 0. The topological polar surface area (TPSA) is 29.1 Å². The number of hydrogen-bond acceptors (Lipinski definition) is 1. The molecule has 0 bridgehead atoms. The molecule has 2 heteroatoms. The number of hydrogen-bond donors (Lipinski definition) is 1. The minimum absolute atomic E-state index is 0.0283. The predicted octanol–water partition coefficient (Wildman–Crippen LogP) is 1.57. The van der Waals surface area contributed by atoms with Crippen molar-refractivity contribution in [3.63, 3.8) is 0 Å². The summed E-state index contributed by atoms with van der Waals surface area (Å²) in [7, 11) is 0. The van der Waals surface area contributed by atoms with Crippen LogP contribution in [0.3, 0.4) is 0 Å². The molecule has 0 aliphatic carbocycles. The van der Waals surface area contributed by atoms with E-state index in [-0.39, 0.29) is 5.91 Å². The number of rotatable bonds is 1. The molecule has 0 aromatic heterocycles. The second kappa shape index (κ2) is 2.48. The average Bonchev–Trinajstić information content (AvgIpc) is 2.47. The molecule has 1 amide bonds. The summed E-state index contributed by atoms with van der Waals surface area (Å²) in [6.07, 6.45) is 1.78. The summed E-state index contributed by atoms with van der Waals surface area (Å²) in [5.74, 6) is 0.0283. The lowest BCUT2D eigenvalue weighted by Gasteiger charge is -1.96. The van der Waals surface area contributed by atoms with E-state index in [2.05, 4.69) is 11.9 Å². The first-order chi connectivity index (χ1) is 5.81. The van der Waals surface area contributed by atoms with E-state index in [1.807, 2.05) is 18.2 Å². The molecule has 1 aliphatic heterocycles. The van der Waals surface area contributed by atoms with Gasteiger partial charge in [0.15, 0.2) is 0 Å². The van der Waals surface area contributed by atoms with Crippen LogP contribution in [0.1, 0.15) is 21.5 Å². The van der Waals surface area contributed by atoms with Crippen molar-refractivity contribution in [2.24, 2.45) is 0 Å². The van der Waals surface area contributed by atoms with Gasteiger partial charge in [0, 0.05) is 12.1 Å². The van der Waals surface area contributed by atoms with Crippen molar-refractivity contribution in [2.45, 2.75) is 6.54 Å². The van der Waals surface area contributed by atoms with Crippen LogP contribution in [0.2, 0.25) is 0 Å². The fraction of sp³-hybridized carbons (Fsp3) is 0.100. The van der Waals surface area contributed by atoms with Crippen LogP contribution in [-0.4, -0.2) is 5.91 Å². The van der Waals surface area contributed by atoms with Gasteiger partial charge in [-0.25, -0.2) is 0 Å². The molecule has 2 rings (SSSR count). The molecule has 1 aliphatic rings. The smallest absolute Gasteiger partial charge is 0.251 e. The van der Waals surface area contributed by atoms with Crippen LogP contribution < -0.4 is 5.32 Å². The first kappa shape index (κ1) is 7.10. The molecule has 1 heterocycles. The van der Waals surface area contributed by atoms with Crippen molar-refractivity contribution in [3.05, 3.63) is 41.5 Å². The first-order valence-corrected chi connectivity index (χ1v) is 3.85. The minimum Gasteiger partial charge on any atom is -0.348 e. The maximum atomic E-state index is 11.1. The molecular formula is C10H9NO. The number of nitrogens with one attached hydrogen (secondary N) is 1. The predicted molar refractivity (Wildman–Crippen MR) is 47.7 cm³/mol. The van der Waals surface area contributed by atoms with E-state index in [0.717, 1.165) is 16.7 Å². The fourth-order valence-corrected chi connectivity index (χ4v) is 1.38. The molecule has 0 atom stereocenters. The summed E-state index contributed by atoms with van der Waals surface area (Å²) in [6, 6.07) is 5.73. The molecule has 0 fully saturated rings. The highest BCUT2D eigenvalue weighted by Gasteiger charge is 2.17. The van der Waals surface area contributed by atoms with Crippen LogP contribution >= 0.6 is 0 Å². The van der Waals surface area contributed by atoms with E-state index >= 15 is 0 Å². The Balaban J connectivity index is 2.55. The normalized spacial score (nSPS) is 13.8. The monoisotopic (exact) mass is 159 g/mol. The van der Waals surface area contributed by atoms with Gasteiger partial charge < -0.3 is 5.32 Å². The van der Waals surface area contributed by atoms with Crippen molar-refractivity contribution < 1.29 is 4.79 Å². The zero-order valence-electron chi connectivity index (χ0n) is 6.63. The molecule has 0 saturated heterocycles. The molecule has 1 aromatic rings. The van der Waals surface area contributed by atoms with Crippen molar-refractivity contribution in [1.29, 1.82) is 0 Å². The number of benzene rings is 1. The lowest BCUT2D eigenvalue weighted by molar-refractivity contribution is 0.0966. The zero-order valence-corrected chi connectivity index (χ0v) is 6.63. The van der Waals surface area contributed by atoms with Crippen LogP contribution in [0.5, 0.6) is 0 Å². The summed E-state index contributed by atoms with van der Waals surface area (Å²) in [5.41, 5.74) is 2.92. The average molecular weight is 159 g/mol. The summed E-state index contributed by atoms with van der Waals surface area (Å²) in [5, 5.41) is 2.76. The minimum atomic E-state index is 0.0283. The highest BCUT2D eigenvalue weighted by molar-refractivity contribution is 5.98. The molecule has 2 nitrogen and oxygen atoms in total. The van der Waals surface area contributed by atoms with Gasteiger partial charge >= 0.3 is 0 Å². The fourth-order valence-electron chi connectivity index (χ4n) is 1.38. The van der Waals surface area contributed by atoms with Crippen molar-refractivity contribution in [2.75, 3.05) is 0 Å². The number of carbonyl (C=O) groups is 1. The van der Waals surface area contributed by atoms with E-state index in [1.54, 1.807) is 6.08 Å². The third kappa shape index (κ3) is 0.925. The molecule has 60 valence electrons. The Labute approximate surface area is 70.9 Å². The highest BCUT2D eigenvalue weighted by atomic mass is 16.1. The quantitative estimate of drug-likeness (QED) is 0.662. The lowest BCUT2D eigenvalue weighted by Crippen LogP contribution is -2.12. The lowest BCUT2D eigenvalue weighted by atomic mass is 10.1. The Kier molecular flexibility index (Phi) is 1.47. The number of carbonyl (C=O) groups excluding carboxylic acids is 1. The van der Waals surface area contributed by atoms with Crippen molar-refractivity contribution in [3.8, 4) is 0 Å². The molecule has 1 aromatic carbocycles. The third-order valence-corrected chi connectivity index (χ3v) is 2.05. The van der Waals surface area contributed by atoms with E-state index in [0.29, 0.717) is 6.54 Å². The number of amides is 1. The zero-order chi connectivity index (χ0) is 8.55. The third-order valence-electron chi connectivity index (χ3n) is 2.05. The molecule has 0 saturated carbocycles. The van der Waals surface area contributed by atoms with E-state index in [1.165, 1.54) is 0 Å². The van der Waals surface area contributed by atoms with Gasteiger partial charge in [-0.3, -0.25) is 4.79 Å². The van der Waals surface area contributed by atoms with E-state index in [4.69, 9.17) is 0 Å². The maximum absolute atomic E-state index is 11.1. The summed E-state index contributed by atoms with van der Waals surface area (Å²) in [6.45, 7) is 4.32. The summed E-state index contributed by atoms with van der Waals surface area (Å²) in [4.78, 5) is 11.1. The molecule has 1 N–H and O–H groups in total. The second-order valence-corrected chi connectivity index (χ2v) is 2.80.